The molecule has 2 aromatic carbocycles. The molecule has 1 saturated heterocycles. The van der Waals surface area contributed by atoms with Gasteiger partial charge in [-0.1, -0.05) is 48.4 Å². The summed E-state index contributed by atoms with van der Waals surface area (Å²) in [6.45, 7) is 5.91. The highest BCUT2D eigenvalue weighted by Gasteiger charge is 2.22. The second-order valence-electron chi connectivity index (χ2n) is 8.62. The first kappa shape index (κ1) is 21.3. The number of imidazole rings is 1. The molecule has 0 saturated carbocycles. The fraction of sp³-hybridized carbons (Fsp3) is 0.259. The third kappa shape index (κ3) is 3.70. The average Bonchev–Trinajstić information content (AvgIpc) is 3.29. The first-order chi connectivity index (χ1) is 17.2. The quantitative estimate of drug-likeness (QED) is 0.326. The molecule has 1 aliphatic heterocycles. The first-order valence-electron chi connectivity index (χ1n) is 11.8. The van der Waals surface area contributed by atoms with Crippen LogP contribution >= 0.6 is 0 Å². The van der Waals surface area contributed by atoms with Crippen molar-refractivity contribution in [3.05, 3.63) is 70.8 Å². The number of fused-ring (bicyclic) bond motifs is 4. The van der Waals surface area contributed by atoms with Crippen molar-refractivity contribution in [1.82, 2.24) is 29.6 Å². The highest BCUT2D eigenvalue weighted by molar-refractivity contribution is 6.06. The van der Waals surface area contributed by atoms with Crippen molar-refractivity contribution in [3.8, 4) is 11.8 Å². The SMILES string of the molecule is CC#CCn1c(N2CCNCC2)nc2cnn(Cc3nc4ccccc4c4ccccc34)c(=O)c21. The summed E-state index contributed by atoms with van der Waals surface area (Å²) in [5, 5.41) is 11.1. The maximum absolute atomic E-state index is 13.7. The summed E-state index contributed by atoms with van der Waals surface area (Å²) in [5.41, 5.74) is 2.65. The van der Waals surface area contributed by atoms with E-state index in [0.717, 1.165) is 59.5 Å². The zero-order chi connectivity index (χ0) is 23.8. The third-order valence-electron chi connectivity index (χ3n) is 6.53. The molecule has 1 aliphatic rings. The van der Waals surface area contributed by atoms with Crippen LogP contribution in [-0.2, 0) is 13.1 Å². The smallest absolute Gasteiger partial charge is 0.293 e. The van der Waals surface area contributed by atoms with Gasteiger partial charge in [0.05, 0.1) is 30.5 Å². The number of hydrogen-bond acceptors (Lipinski definition) is 6. The number of pyridine rings is 1. The molecule has 0 atom stereocenters. The molecule has 8 nitrogen and oxygen atoms in total. The second kappa shape index (κ2) is 8.85. The molecule has 6 rings (SSSR count). The van der Waals surface area contributed by atoms with E-state index in [1.807, 2.05) is 34.9 Å². The largest absolute Gasteiger partial charge is 0.340 e. The van der Waals surface area contributed by atoms with E-state index in [0.29, 0.717) is 17.6 Å². The fourth-order valence-corrected chi connectivity index (χ4v) is 4.84. The van der Waals surface area contributed by atoms with E-state index >= 15 is 0 Å². The minimum Gasteiger partial charge on any atom is -0.340 e. The van der Waals surface area contributed by atoms with Crippen LogP contribution in [0.15, 0.2) is 59.5 Å². The lowest BCUT2D eigenvalue weighted by atomic mass is 10.0. The molecule has 8 heteroatoms. The Kier molecular flexibility index (Phi) is 5.39. The zero-order valence-electron chi connectivity index (χ0n) is 19.5. The lowest BCUT2D eigenvalue weighted by molar-refractivity contribution is 0.572. The van der Waals surface area contributed by atoms with E-state index in [1.54, 1.807) is 13.1 Å². The monoisotopic (exact) mass is 463 g/mol. The van der Waals surface area contributed by atoms with Gasteiger partial charge in [-0.2, -0.15) is 5.10 Å². The van der Waals surface area contributed by atoms with Gasteiger partial charge in [-0.3, -0.25) is 14.3 Å². The summed E-state index contributed by atoms with van der Waals surface area (Å²) in [7, 11) is 0. The molecule has 3 aromatic heterocycles. The van der Waals surface area contributed by atoms with Crippen molar-refractivity contribution < 1.29 is 0 Å². The van der Waals surface area contributed by atoms with E-state index < -0.39 is 0 Å². The van der Waals surface area contributed by atoms with E-state index in [9.17, 15) is 4.79 Å². The Morgan fingerprint density at radius 1 is 0.943 bits per heavy atom. The maximum atomic E-state index is 13.7. The van der Waals surface area contributed by atoms with E-state index in [2.05, 4.69) is 45.4 Å². The molecule has 0 radical (unpaired) electrons. The molecule has 1 fully saturated rings. The standard InChI is InChI=1S/C27H25N7O/c1-2-3-14-33-25-23(31-27(33)32-15-12-28-13-16-32)17-29-34(26(25)35)18-24-21-10-5-4-8-19(21)20-9-6-7-11-22(20)30-24/h4-11,17,28H,12-16,18H2,1H3. The fourth-order valence-electron chi connectivity index (χ4n) is 4.84. The summed E-state index contributed by atoms with van der Waals surface area (Å²) < 4.78 is 3.43. The van der Waals surface area contributed by atoms with E-state index in [1.165, 1.54) is 4.68 Å². The minimum atomic E-state index is -0.187. The number of benzene rings is 2. The van der Waals surface area contributed by atoms with Gasteiger partial charge >= 0.3 is 0 Å². The molecule has 0 unspecified atom stereocenters. The minimum absolute atomic E-state index is 0.187. The van der Waals surface area contributed by atoms with Crippen LogP contribution in [0, 0.1) is 11.8 Å². The number of nitrogens with zero attached hydrogens (tertiary/aromatic N) is 6. The lowest BCUT2D eigenvalue weighted by Gasteiger charge is -2.28. The van der Waals surface area contributed by atoms with Gasteiger partial charge in [0.2, 0.25) is 5.95 Å². The second-order valence-corrected chi connectivity index (χ2v) is 8.62. The van der Waals surface area contributed by atoms with Crippen LogP contribution in [-0.4, -0.2) is 50.5 Å². The topological polar surface area (TPSA) is 80.9 Å². The molecular formula is C27H25N7O. The number of hydrogen-bond donors (Lipinski definition) is 1. The number of para-hydroxylation sites is 1. The molecule has 174 valence electrons. The Balaban J connectivity index is 1.50. The van der Waals surface area contributed by atoms with Crippen molar-refractivity contribution in [2.45, 2.75) is 20.0 Å². The van der Waals surface area contributed by atoms with Crippen LogP contribution in [0.3, 0.4) is 0 Å². The van der Waals surface area contributed by atoms with Gasteiger partial charge in [-0.15, -0.1) is 5.92 Å². The average molecular weight is 464 g/mol. The van der Waals surface area contributed by atoms with Gasteiger partial charge in [0.25, 0.3) is 5.56 Å². The Morgan fingerprint density at radius 3 is 2.49 bits per heavy atom. The van der Waals surface area contributed by atoms with Crippen LogP contribution in [0.2, 0.25) is 0 Å². The van der Waals surface area contributed by atoms with Gasteiger partial charge < -0.3 is 10.2 Å². The van der Waals surface area contributed by atoms with Crippen molar-refractivity contribution in [2.24, 2.45) is 0 Å². The summed E-state index contributed by atoms with van der Waals surface area (Å²) in [5.74, 6) is 6.83. The molecular weight excluding hydrogens is 438 g/mol. The molecule has 4 heterocycles. The van der Waals surface area contributed by atoms with Crippen LogP contribution < -0.4 is 15.8 Å². The molecule has 0 aliphatic carbocycles. The Bertz CT molecular complexity index is 1680. The molecule has 0 amide bonds. The predicted molar refractivity (Wildman–Crippen MR) is 139 cm³/mol. The maximum Gasteiger partial charge on any atom is 0.293 e. The molecule has 0 spiro atoms. The van der Waals surface area contributed by atoms with Crippen LogP contribution in [0.25, 0.3) is 32.7 Å². The van der Waals surface area contributed by atoms with Crippen molar-refractivity contribution in [1.29, 1.82) is 0 Å². The Hall–Kier alpha value is -4.22. The number of nitrogens with one attached hydrogen (secondary N) is 1. The normalized spacial score (nSPS) is 13.9. The van der Waals surface area contributed by atoms with Crippen LogP contribution in [0.4, 0.5) is 5.95 Å². The molecule has 1 N–H and O–H groups in total. The predicted octanol–water partition coefficient (Wildman–Crippen LogP) is 2.78. The lowest BCUT2D eigenvalue weighted by Crippen LogP contribution is -2.44. The molecule has 0 bridgehead atoms. The van der Waals surface area contributed by atoms with E-state index in [-0.39, 0.29) is 12.1 Å². The molecule has 35 heavy (non-hydrogen) atoms. The highest BCUT2D eigenvalue weighted by Crippen LogP contribution is 2.27. The van der Waals surface area contributed by atoms with Gasteiger partial charge in [0.15, 0.2) is 0 Å². The van der Waals surface area contributed by atoms with Gasteiger partial charge in [-0.05, 0) is 18.4 Å². The van der Waals surface area contributed by atoms with Crippen LogP contribution in [0.1, 0.15) is 12.6 Å². The van der Waals surface area contributed by atoms with Gasteiger partial charge in [0, 0.05) is 37.0 Å². The number of rotatable bonds is 4. The van der Waals surface area contributed by atoms with Crippen molar-refractivity contribution in [2.75, 3.05) is 31.1 Å². The Morgan fingerprint density at radius 2 is 1.69 bits per heavy atom. The van der Waals surface area contributed by atoms with Crippen molar-refractivity contribution in [3.63, 3.8) is 0 Å². The summed E-state index contributed by atoms with van der Waals surface area (Å²) >= 11 is 0. The summed E-state index contributed by atoms with van der Waals surface area (Å²) in [4.78, 5) is 25.7. The van der Waals surface area contributed by atoms with Gasteiger partial charge in [0.1, 0.15) is 11.0 Å². The van der Waals surface area contributed by atoms with Crippen LogP contribution in [0.5, 0.6) is 0 Å². The summed E-state index contributed by atoms with van der Waals surface area (Å²) in [6, 6.07) is 16.3. The van der Waals surface area contributed by atoms with Crippen molar-refractivity contribution >= 4 is 38.7 Å². The zero-order valence-corrected chi connectivity index (χ0v) is 19.5. The highest BCUT2D eigenvalue weighted by atomic mass is 16.1. The first-order valence-corrected chi connectivity index (χ1v) is 11.8. The number of aromatic nitrogens is 5. The number of anilines is 1. The van der Waals surface area contributed by atoms with E-state index in [4.69, 9.17) is 9.97 Å². The number of piperazine rings is 1. The third-order valence-corrected chi connectivity index (χ3v) is 6.53. The van der Waals surface area contributed by atoms with Gasteiger partial charge in [-0.25, -0.2) is 9.67 Å². The Labute approximate surface area is 202 Å². The molecule has 5 aromatic rings. The summed E-state index contributed by atoms with van der Waals surface area (Å²) in [6.07, 6.45) is 1.68.